The molecule has 1 rings (SSSR count). The predicted octanol–water partition coefficient (Wildman–Crippen LogP) is 1.80. The lowest BCUT2D eigenvalue weighted by Crippen LogP contribution is -2.19. The number of hydrogen-bond acceptors (Lipinski definition) is 2. The average Bonchev–Trinajstić information content (AvgIpc) is 2.03. The molecule has 0 aromatic heterocycles. The summed E-state index contributed by atoms with van der Waals surface area (Å²) in [6, 6.07) is 7.05. The Kier molecular flexibility index (Phi) is 3.10. The van der Waals surface area contributed by atoms with Crippen molar-refractivity contribution in [1.29, 1.82) is 0 Å². The minimum atomic E-state index is -3.48. The molecule has 5 heteroatoms. The highest BCUT2D eigenvalue weighted by Crippen LogP contribution is 2.21. The normalized spacial score (nSPS) is 14.1. The average molecular weight is 264 g/mol. The SMILES string of the molecule is C[C@H](c1ccc(Br)cc1)S(N)(=O)=O. The molecule has 0 spiro atoms. The maximum atomic E-state index is 11.0. The second kappa shape index (κ2) is 3.77. The van der Waals surface area contributed by atoms with Crippen molar-refractivity contribution in [3.63, 3.8) is 0 Å². The van der Waals surface area contributed by atoms with E-state index in [0.29, 0.717) is 5.56 Å². The van der Waals surface area contributed by atoms with Crippen molar-refractivity contribution in [2.75, 3.05) is 0 Å². The summed E-state index contributed by atoms with van der Waals surface area (Å²) in [7, 11) is -3.48. The maximum absolute atomic E-state index is 11.0. The standard InChI is InChI=1S/C8H10BrNO2S/c1-6(13(10,11)12)7-2-4-8(9)5-3-7/h2-6H,1H3,(H2,10,11,12)/t6-/m1/s1. The molecule has 0 saturated heterocycles. The van der Waals surface area contributed by atoms with Crippen molar-refractivity contribution in [3.05, 3.63) is 34.3 Å². The van der Waals surface area contributed by atoms with Crippen LogP contribution < -0.4 is 5.14 Å². The van der Waals surface area contributed by atoms with Gasteiger partial charge in [0.2, 0.25) is 10.0 Å². The van der Waals surface area contributed by atoms with E-state index in [0.717, 1.165) is 4.47 Å². The van der Waals surface area contributed by atoms with Crippen molar-refractivity contribution in [2.45, 2.75) is 12.2 Å². The topological polar surface area (TPSA) is 60.2 Å². The molecule has 0 bridgehead atoms. The predicted molar refractivity (Wildman–Crippen MR) is 55.7 cm³/mol. The van der Waals surface area contributed by atoms with Gasteiger partial charge in [-0.2, -0.15) is 0 Å². The van der Waals surface area contributed by atoms with Crippen LogP contribution in [0, 0.1) is 0 Å². The number of benzene rings is 1. The van der Waals surface area contributed by atoms with Gasteiger partial charge in [-0.1, -0.05) is 28.1 Å². The van der Waals surface area contributed by atoms with Crippen LogP contribution in [0.5, 0.6) is 0 Å². The molecule has 0 aliphatic carbocycles. The Morgan fingerprint density at radius 1 is 1.31 bits per heavy atom. The zero-order valence-corrected chi connectivity index (χ0v) is 9.47. The molecule has 0 radical (unpaired) electrons. The second-order valence-electron chi connectivity index (χ2n) is 2.78. The minimum absolute atomic E-state index is 0.652. The Morgan fingerprint density at radius 3 is 2.15 bits per heavy atom. The van der Waals surface area contributed by atoms with E-state index < -0.39 is 15.3 Å². The van der Waals surface area contributed by atoms with E-state index in [4.69, 9.17) is 5.14 Å². The van der Waals surface area contributed by atoms with E-state index in [1.807, 2.05) is 0 Å². The zero-order chi connectivity index (χ0) is 10.1. The van der Waals surface area contributed by atoms with E-state index in [9.17, 15) is 8.42 Å². The van der Waals surface area contributed by atoms with Gasteiger partial charge in [-0.05, 0) is 24.6 Å². The highest BCUT2D eigenvalue weighted by Gasteiger charge is 2.17. The molecule has 3 nitrogen and oxygen atoms in total. The van der Waals surface area contributed by atoms with Crippen molar-refractivity contribution in [3.8, 4) is 0 Å². The number of hydrogen-bond donors (Lipinski definition) is 1. The molecule has 72 valence electrons. The molecule has 0 amide bonds. The van der Waals surface area contributed by atoms with Crippen LogP contribution in [0.4, 0.5) is 0 Å². The summed E-state index contributed by atoms with van der Waals surface area (Å²) in [4.78, 5) is 0. The molecule has 0 aliphatic heterocycles. The van der Waals surface area contributed by atoms with E-state index >= 15 is 0 Å². The molecule has 0 fully saturated rings. The number of halogens is 1. The van der Waals surface area contributed by atoms with Gasteiger partial charge < -0.3 is 0 Å². The van der Waals surface area contributed by atoms with Gasteiger partial charge in [-0.15, -0.1) is 0 Å². The van der Waals surface area contributed by atoms with Crippen molar-refractivity contribution >= 4 is 26.0 Å². The van der Waals surface area contributed by atoms with Crippen molar-refractivity contribution in [1.82, 2.24) is 0 Å². The van der Waals surface area contributed by atoms with Gasteiger partial charge in [0.05, 0.1) is 5.25 Å². The van der Waals surface area contributed by atoms with Gasteiger partial charge in [0.25, 0.3) is 0 Å². The molecule has 0 unspecified atom stereocenters. The molecular weight excluding hydrogens is 254 g/mol. The molecule has 0 heterocycles. The maximum Gasteiger partial charge on any atom is 0.215 e. The van der Waals surface area contributed by atoms with Crippen molar-refractivity contribution < 1.29 is 8.42 Å². The van der Waals surface area contributed by atoms with Gasteiger partial charge in [0, 0.05) is 4.47 Å². The smallest absolute Gasteiger partial charge is 0.215 e. The van der Waals surface area contributed by atoms with E-state index in [-0.39, 0.29) is 0 Å². The molecule has 0 aliphatic rings. The van der Waals surface area contributed by atoms with Crippen LogP contribution in [-0.2, 0) is 10.0 Å². The summed E-state index contributed by atoms with van der Waals surface area (Å²) < 4.78 is 22.9. The fourth-order valence-electron chi connectivity index (χ4n) is 0.923. The van der Waals surface area contributed by atoms with E-state index in [2.05, 4.69) is 15.9 Å². The largest absolute Gasteiger partial charge is 0.228 e. The van der Waals surface area contributed by atoms with Gasteiger partial charge in [-0.25, -0.2) is 13.6 Å². The Hall–Kier alpha value is -0.390. The summed E-state index contributed by atoms with van der Waals surface area (Å²) in [5.74, 6) is 0. The van der Waals surface area contributed by atoms with Crippen LogP contribution in [0.25, 0.3) is 0 Å². The van der Waals surface area contributed by atoms with Gasteiger partial charge in [0.1, 0.15) is 0 Å². The Balaban J connectivity index is 3.04. The molecule has 1 aromatic rings. The van der Waals surface area contributed by atoms with Crippen LogP contribution in [0.2, 0.25) is 0 Å². The van der Waals surface area contributed by atoms with Crippen LogP contribution in [0.1, 0.15) is 17.7 Å². The van der Waals surface area contributed by atoms with Crippen LogP contribution in [0.15, 0.2) is 28.7 Å². The van der Waals surface area contributed by atoms with Gasteiger partial charge in [0.15, 0.2) is 0 Å². The molecule has 1 atom stereocenters. The molecule has 13 heavy (non-hydrogen) atoms. The lowest BCUT2D eigenvalue weighted by molar-refractivity contribution is 0.588. The molecule has 0 saturated carbocycles. The summed E-state index contributed by atoms with van der Waals surface area (Å²) in [6.45, 7) is 1.57. The van der Waals surface area contributed by atoms with Crippen LogP contribution in [-0.4, -0.2) is 8.42 Å². The first-order valence-corrected chi connectivity index (χ1v) is 6.08. The summed E-state index contributed by atoms with van der Waals surface area (Å²) in [6.07, 6.45) is 0. The number of nitrogens with two attached hydrogens (primary N) is 1. The third kappa shape index (κ3) is 2.79. The number of rotatable bonds is 2. The lowest BCUT2D eigenvalue weighted by atomic mass is 10.2. The zero-order valence-electron chi connectivity index (χ0n) is 7.07. The van der Waals surface area contributed by atoms with Crippen molar-refractivity contribution in [2.24, 2.45) is 5.14 Å². The first kappa shape index (κ1) is 10.7. The minimum Gasteiger partial charge on any atom is -0.228 e. The monoisotopic (exact) mass is 263 g/mol. The third-order valence-corrected chi connectivity index (χ3v) is 3.62. The molecule has 2 N–H and O–H groups in total. The summed E-state index contributed by atoms with van der Waals surface area (Å²) in [5, 5.41) is 4.36. The number of sulfonamides is 1. The summed E-state index contributed by atoms with van der Waals surface area (Å²) in [5.41, 5.74) is 0.700. The lowest BCUT2D eigenvalue weighted by Gasteiger charge is -2.08. The highest BCUT2D eigenvalue weighted by atomic mass is 79.9. The second-order valence-corrected chi connectivity index (χ2v) is 5.58. The fraction of sp³-hybridized carbons (Fsp3) is 0.250. The molecular formula is C8H10BrNO2S. The fourth-order valence-corrected chi connectivity index (χ4v) is 1.72. The van der Waals surface area contributed by atoms with Crippen LogP contribution >= 0.6 is 15.9 Å². The summed E-state index contributed by atoms with van der Waals surface area (Å²) >= 11 is 3.26. The Morgan fingerprint density at radius 2 is 1.77 bits per heavy atom. The van der Waals surface area contributed by atoms with Crippen LogP contribution in [0.3, 0.4) is 0 Å². The Labute approximate surface area is 86.1 Å². The van der Waals surface area contributed by atoms with E-state index in [1.165, 1.54) is 0 Å². The Bertz CT molecular complexity index is 385. The molecule has 1 aromatic carbocycles. The van der Waals surface area contributed by atoms with E-state index in [1.54, 1.807) is 31.2 Å². The number of primary sulfonamides is 1. The first-order chi connectivity index (χ1) is 5.91. The highest BCUT2D eigenvalue weighted by molar-refractivity contribution is 9.10. The third-order valence-electron chi connectivity index (χ3n) is 1.83. The first-order valence-electron chi connectivity index (χ1n) is 3.68. The van der Waals surface area contributed by atoms with Gasteiger partial charge in [-0.3, -0.25) is 0 Å². The van der Waals surface area contributed by atoms with Gasteiger partial charge >= 0.3 is 0 Å². The quantitative estimate of drug-likeness (QED) is 0.885.